The first kappa shape index (κ1) is 78.0. The molecule has 0 aliphatic carbocycles. The third kappa shape index (κ3) is 14.4. The highest BCUT2D eigenvalue weighted by Gasteiger charge is 2.41. The van der Waals surface area contributed by atoms with Gasteiger partial charge in [-0.1, -0.05) is 218 Å². The lowest BCUT2D eigenvalue weighted by Crippen LogP contribution is -2.55. The Hall–Kier alpha value is -11.9. The number of hydrogen-bond donors (Lipinski definition) is 0. The van der Waals surface area contributed by atoms with Gasteiger partial charge in [0.2, 0.25) is 0 Å². The van der Waals surface area contributed by atoms with Crippen molar-refractivity contribution in [2.75, 3.05) is 38.3 Å². The quantitative estimate of drug-likeness (QED) is 0.0605. The maximum absolute atomic E-state index is 14.8. The van der Waals surface area contributed by atoms with Crippen LogP contribution in [-0.2, 0) is 66.5 Å². The standard InChI is InChI=1S/2C45H36N3O9P3/c49-43-46(25-28-58(52)40-22-10-4-16-34(40)31-13-1-7-19-37(31)55-58)44(50)48(27-30-60(54)42-24-12-6-18-36(42)33-15-3-9-21-39(33)57-60)45(51)47(43)26-29-59(53)41-23-11-5-17-35(41)32-14-2-8-20-38(32)56-59;49-43-46(25-28-52-58-40-22-10-4-16-34(40)31-13-1-7-19-37(31)55-58)44(50)48(27-30-54-60-42-24-12-6-18-36(42)33-15-3-9-21-39(33)57-60)45(51)47(43)26-29-53-59-41-23-11-5-17-35(41)32-14-2-8-20-38(32)56-59/h2*1-24H,25-30H2. The second-order valence-electron chi connectivity index (χ2n) is 28.7. The van der Waals surface area contributed by atoms with Gasteiger partial charge in [-0.05, 0) is 106 Å². The van der Waals surface area contributed by atoms with Gasteiger partial charge in [0.05, 0.1) is 89.8 Å². The molecule has 0 radical (unpaired) electrons. The smallest absolute Gasteiger partial charge is 0.336 e. The summed E-state index contributed by atoms with van der Waals surface area (Å²) in [7, 11) is -16.0. The Morgan fingerprint density at radius 1 is 0.225 bits per heavy atom. The third-order valence-electron chi connectivity index (χ3n) is 21.7. The highest BCUT2D eigenvalue weighted by molar-refractivity contribution is 7.68. The molecule has 0 fully saturated rings. The molecule has 6 aliphatic rings. The highest BCUT2D eigenvalue weighted by atomic mass is 31.2. The fourth-order valence-corrected chi connectivity index (χ4v) is 27.0. The molecule has 0 saturated carbocycles. The largest absolute Gasteiger partial charge is 0.443 e. The van der Waals surface area contributed by atoms with Crippen molar-refractivity contribution in [3.05, 3.63) is 354 Å². The molecule has 6 atom stereocenters. The number of nitrogens with zero attached hydrogens (tertiary/aromatic N) is 6. The van der Waals surface area contributed by atoms with Crippen LogP contribution in [0, 0.1) is 0 Å². The molecule has 8 heterocycles. The highest BCUT2D eigenvalue weighted by Crippen LogP contribution is 2.59. The zero-order chi connectivity index (χ0) is 81.8. The van der Waals surface area contributed by atoms with E-state index in [-0.39, 0.29) is 77.6 Å². The minimum Gasteiger partial charge on any atom is -0.443 e. The fraction of sp³-hybridized carbons (Fsp3) is 0.133. The zero-order valence-electron chi connectivity index (χ0n) is 63.9. The average Bonchev–Trinajstić information content (AvgIpc) is 0.680. The predicted molar refractivity (Wildman–Crippen MR) is 467 cm³/mol. The van der Waals surface area contributed by atoms with Crippen LogP contribution in [0.3, 0.4) is 0 Å². The van der Waals surface area contributed by atoms with E-state index >= 15 is 0 Å². The summed E-state index contributed by atoms with van der Waals surface area (Å²) in [6, 6.07) is 89.9. The first-order valence-electron chi connectivity index (χ1n) is 38.8. The summed E-state index contributed by atoms with van der Waals surface area (Å²) < 4.78 is 106. The van der Waals surface area contributed by atoms with E-state index in [1.807, 2.05) is 218 Å². The van der Waals surface area contributed by atoms with Gasteiger partial charge in [-0.15, -0.1) is 0 Å². The van der Waals surface area contributed by atoms with Gasteiger partial charge in [0.1, 0.15) is 34.5 Å². The lowest BCUT2D eigenvalue weighted by Gasteiger charge is -2.29. The van der Waals surface area contributed by atoms with Crippen LogP contribution in [0.15, 0.2) is 320 Å². The van der Waals surface area contributed by atoms with Crippen LogP contribution in [0.2, 0.25) is 0 Å². The summed E-state index contributed by atoms with van der Waals surface area (Å²) in [5.74, 6) is 3.31. The molecule has 6 aliphatic heterocycles. The second-order valence-corrected chi connectivity index (χ2v) is 40.4. The number of rotatable bonds is 21. The molecule has 600 valence electrons. The van der Waals surface area contributed by atoms with Gasteiger partial charge in [-0.2, -0.15) is 0 Å². The van der Waals surface area contributed by atoms with Crippen LogP contribution in [-0.4, -0.2) is 65.7 Å². The van der Waals surface area contributed by atoms with Crippen LogP contribution < -0.4 is 93.1 Å². The number of hydrogen-bond acceptors (Lipinski definition) is 18. The molecular formula is C90H72N6O18P6. The van der Waals surface area contributed by atoms with Gasteiger partial charge in [0, 0.05) is 53.0 Å². The fourth-order valence-electron chi connectivity index (χ4n) is 15.9. The number of benzene rings is 12. The molecule has 0 spiro atoms. The van der Waals surface area contributed by atoms with E-state index in [0.29, 0.717) is 50.4 Å². The topological polar surface area (TPSA) is 266 Å². The van der Waals surface area contributed by atoms with Crippen molar-refractivity contribution >= 4 is 79.1 Å². The molecule has 0 amide bonds. The zero-order valence-corrected chi connectivity index (χ0v) is 69.3. The minimum atomic E-state index is -3.74. The summed E-state index contributed by atoms with van der Waals surface area (Å²) in [4.78, 5) is 85.7. The second kappa shape index (κ2) is 32.7. The summed E-state index contributed by atoms with van der Waals surface area (Å²) >= 11 is 0. The van der Waals surface area contributed by atoms with E-state index in [1.165, 1.54) is 0 Å². The van der Waals surface area contributed by atoms with E-state index in [4.69, 9.17) is 40.7 Å². The summed E-state index contributed by atoms with van der Waals surface area (Å²) in [6.45, 7) is -1.67. The molecular weight excluding hydrogens is 1640 g/mol. The normalized spacial score (nSPS) is 18.6. The van der Waals surface area contributed by atoms with Gasteiger partial charge in [-0.25, -0.2) is 56.2 Å². The summed E-state index contributed by atoms with van der Waals surface area (Å²) in [5.41, 5.74) is 5.10. The van der Waals surface area contributed by atoms with Gasteiger partial charge < -0.3 is 40.7 Å². The first-order valence-corrected chi connectivity index (χ1v) is 47.8. The summed E-state index contributed by atoms with van der Waals surface area (Å²) in [5, 5.41) is 4.02. The Morgan fingerprint density at radius 3 is 0.675 bits per heavy atom. The van der Waals surface area contributed by atoms with Gasteiger partial charge >= 0.3 is 34.1 Å². The van der Waals surface area contributed by atoms with Crippen LogP contribution in [0.5, 0.6) is 34.5 Å². The van der Waals surface area contributed by atoms with E-state index in [1.54, 1.807) is 72.8 Å². The van der Waals surface area contributed by atoms with E-state index in [9.17, 15) is 42.5 Å². The van der Waals surface area contributed by atoms with Crippen molar-refractivity contribution in [2.45, 2.75) is 39.3 Å². The molecule has 20 rings (SSSR count). The Labute approximate surface area is 689 Å². The number of fused-ring (bicyclic) bond motifs is 18. The Morgan fingerprint density at radius 2 is 0.417 bits per heavy atom. The van der Waals surface area contributed by atoms with E-state index in [0.717, 1.165) is 110 Å². The van der Waals surface area contributed by atoms with Gasteiger partial charge in [0.15, 0.2) is 0 Å². The molecule has 120 heavy (non-hydrogen) atoms. The van der Waals surface area contributed by atoms with Crippen molar-refractivity contribution in [2.24, 2.45) is 0 Å². The number of para-hydroxylation sites is 6. The van der Waals surface area contributed by atoms with Crippen molar-refractivity contribution < 1.29 is 54.4 Å². The molecule has 2 aromatic heterocycles. The maximum Gasteiger partial charge on any atom is 0.336 e. The van der Waals surface area contributed by atoms with Crippen LogP contribution in [0.25, 0.3) is 66.8 Å². The van der Waals surface area contributed by atoms with Crippen LogP contribution in [0.1, 0.15) is 0 Å². The van der Waals surface area contributed by atoms with Crippen molar-refractivity contribution in [1.82, 2.24) is 27.4 Å². The molecule has 0 N–H and O–H groups in total. The van der Waals surface area contributed by atoms with Crippen molar-refractivity contribution in [3.8, 4) is 101 Å². The molecule has 30 heteroatoms. The average molecular weight is 1710 g/mol. The molecule has 24 nitrogen and oxygen atoms in total. The molecule has 0 bridgehead atoms. The minimum absolute atomic E-state index is 0.0345. The van der Waals surface area contributed by atoms with E-state index < -0.39 is 81.4 Å². The SMILES string of the molecule is O=c1n(CCOP2Oc3ccccc3-c3ccccc32)c(=O)n(CCOP2Oc3ccccc3-c3ccccc32)c(=O)n1CCOP1Oc2ccccc2-c2ccccc21.O=c1n(CCP2(=O)Oc3ccccc3-c3ccccc32)c(=O)n(CCP2(=O)Oc3ccccc3-c3ccccc32)c(=O)n1CCP1(=O)Oc2ccccc2-c2ccccc21. The predicted octanol–water partition coefficient (Wildman–Crippen LogP) is 14.5. The lowest BCUT2D eigenvalue weighted by molar-refractivity contribution is 0.263. The van der Waals surface area contributed by atoms with Crippen LogP contribution >= 0.6 is 47.2 Å². The lowest BCUT2D eigenvalue weighted by atomic mass is 10.0. The Bertz CT molecular complexity index is 6290. The Kier molecular flexibility index (Phi) is 21.2. The Balaban J connectivity index is 0.000000159. The monoisotopic (exact) mass is 1710 g/mol. The van der Waals surface area contributed by atoms with Crippen LogP contribution in [0.4, 0.5) is 0 Å². The maximum atomic E-state index is 14.8. The van der Waals surface area contributed by atoms with Gasteiger partial charge in [-0.3, -0.25) is 13.7 Å². The van der Waals surface area contributed by atoms with E-state index in [2.05, 4.69) is 0 Å². The van der Waals surface area contributed by atoms with Crippen molar-refractivity contribution in [1.29, 1.82) is 0 Å². The molecule has 14 aromatic rings. The molecule has 6 unspecified atom stereocenters. The molecule has 0 saturated heterocycles. The summed E-state index contributed by atoms with van der Waals surface area (Å²) in [6.07, 6.45) is -0.782. The van der Waals surface area contributed by atoms with Gasteiger partial charge in [0.25, 0.3) is 47.2 Å². The van der Waals surface area contributed by atoms with Crippen molar-refractivity contribution in [3.63, 3.8) is 0 Å². The first-order chi connectivity index (χ1) is 58.6. The third-order valence-corrected chi connectivity index (χ3v) is 33.6. The number of aromatic nitrogens is 6. The molecule has 12 aromatic carbocycles.